The standard InChI is InChI=1S/C18H12ClNO4/c1-8-11(12-4-9(19)2-3-13(12)20-8)7-16-18(23)17-14(22)5-10(21)6-15(17)24-16/h2-7,20-22H,1H3. The highest BCUT2D eigenvalue weighted by molar-refractivity contribution is 6.31. The molecule has 0 radical (unpaired) electrons. The minimum atomic E-state index is -0.432. The molecule has 0 amide bonds. The topological polar surface area (TPSA) is 82.6 Å². The number of ether oxygens (including phenoxy) is 1. The average molecular weight is 342 g/mol. The minimum Gasteiger partial charge on any atom is -0.508 e. The Morgan fingerprint density at radius 3 is 2.79 bits per heavy atom. The van der Waals surface area contributed by atoms with Crippen LogP contribution >= 0.6 is 11.6 Å². The van der Waals surface area contributed by atoms with E-state index in [1.54, 1.807) is 12.1 Å². The Hall–Kier alpha value is -2.92. The summed E-state index contributed by atoms with van der Waals surface area (Å²) in [5.74, 6) is -0.695. The number of phenolic OH excluding ortho intramolecular Hbond substituents is 2. The van der Waals surface area contributed by atoms with Crippen LogP contribution in [-0.4, -0.2) is 21.0 Å². The van der Waals surface area contributed by atoms with Gasteiger partial charge in [0.25, 0.3) is 0 Å². The number of halogens is 1. The van der Waals surface area contributed by atoms with Crippen LogP contribution in [0.25, 0.3) is 17.0 Å². The molecule has 1 aliphatic rings. The lowest BCUT2D eigenvalue weighted by atomic mass is 10.1. The molecule has 3 aromatic rings. The van der Waals surface area contributed by atoms with Crippen molar-refractivity contribution in [2.75, 3.05) is 0 Å². The molecule has 0 saturated carbocycles. The van der Waals surface area contributed by atoms with E-state index < -0.39 is 5.78 Å². The maximum absolute atomic E-state index is 12.5. The third-order valence-electron chi connectivity index (χ3n) is 4.01. The quantitative estimate of drug-likeness (QED) is 0.580. The molecule has 6 heteroatoms. The number of nitrogens with one attached hydrogen (secondary N) is 1. The van der Waals surface area contributed by atoms with Crippen LogP contribution in [0.2, 0.25) is 5.02 Å². The molecule has 1 aliphatic heterocycles. The molecule has 0 fully saturated rings. The van der Waals surface area contributed by atoms with Gasteiger partial charge in [0.15, 0.2) is 5.76 Å². The summed E-state index contributed by atoms with van der Waals surface area (Å²) in [6.45, 7) is 1.89. The molecule has 0 spiro atoms. The first-order valence-electron chi connectivity index (χ1n) is 7.22. The number of aromatic amines is 1. The third kappa shape index (κ3) is 2.13. The van der Waals surface area contributed by atoms with E-state index in [9.17, 15) is 15.0 Å². The number of aromatic hydroxyl groups is 2. The zero-order valence-electron chi connectivity index (χ0n) is 12.6. The molecule has 2 heterocycles. The second-order valence-corrected chi connectivity index (χ2v) is 6.07. The highest BCUT2D eigenvalue weighted by Gasteiger charge is 2.31. The molecule has 3 N–H and O–H groups in total. The molecule has 0 bridgehead atoms. The Morgan fingerprint density at radius 2 is 2.00 bits per heavy atom. The van der Waals surface area contributed by atoms with E-state index in [4.69, 9.17) is 16.3 Å². The fourth-order valence-corrected chi connectivity index (χ4v) is 3.09. The SMILES string of the molecule is Cc1[nH]c2ccc(Cl)cc2c1C=C1Oc2cc(O)cc(O)c2C1=O. The van der Waals surface area contributed by atoms with Crippen molar-refractivity contribution in [3.63, 3.8) is 0 Å². The van der Waals surface area contributed by atoms with E-state index in [2.05, 4.69) is 4.98 Å². The number of aromatic nitrogens is 1. The van der Waals surface area contributed by atoms with Crippen molar-refractivity contribution in [2.24, 2.45) is 0 Å². The van der Waals surface area contributed by atoms with Gasteiger partial charge >= 0.3 is 0 Å². The smallest absolute Gasteiger partial charge is 0.235 e. The van der Waals surface area contributed by atoms with E-state index >= 15 is 0 Å². The Balaban J connectivity index is 1.86. The van der Waals surface area contributed by atoms with Gasteiger partial charge in [-0.25, -0.2) is 0 Å². The van der Waals surface area contributed by atoms with E-state index in [1.165, 1.54) is 6.07 Å². The number of carbonyl (C=O) groups excluding carboxylic acids is 1. The van der Waals surface area contributed by atoms with Gasteiger partial charge in [0.1, 0.15) is 22.8 Å². The van der Waals surface area contributed by atoms with Crippen molar-refractivity contribution in [1.29, 1.82) is 0 Å². The first-order valence-corrected chi connectivity index (χ1v) is 7.60. The molecular weight excluding hydrogens is 330 g/mol. The molecule has 0 atom stereocenters. The summed E-state index contributed by atoms with van der Waals surface area (Å²) in [4.78, 5) is 15.7. The van der Waals surface area contributed by atoms with Crippen molar-refractivity contribution >= 4 is 34.4 Å². The van der Waals surface area contributed by atoms with Gasteiger partial charge in [-0.05, 0) is 31.2 Å². The maximum atomic E-state index is 12.5. The summed E-state index contributed by atoms with van der Waals surface area (Å²) in [6, 6.07) is 7.86. The lowest BCUT2D eigenvalue weighted by molar-refractivity contribution is 0.101. The van der Waals surface area contributed by atoms with E-state index in [0.717, 1.165) is 28.2 Å². The van der Waals surface area contributed by atoms with E-state index in [0.29, 0.717) is 5.02 Å². The summed E-state index contributed by atoms with van der Waals surface area (Å²) < 4.78 is 5.53. The zero-order chi connectivity index (χ0) is 17.0. The maximum Gasteiger partial charge on any atom is 0.235 e. The van der Waals surface area contributed by atoms with Gasteiger partial charge in [-0.3, -0.25) is 4.79 Å². The minimum absolute atomic E-state index is 0.0505. The number of H-pyrrole nitrogens is 1. The number of aryl methyl sites for hydroxylation is 1. The van der Waals surface area contributed by atoms with Crippen molar-refractivity contribution in [3.05, 3.63) is 57.9 Å². The van der Waals surface area contributed by atoms with E-state index in [1.807, 2.05) is 19.1 Å². The average Bonchev–Trinajstić information content (AvgIpc) is 2.98. The van der Waals surface area contributed by atoms with Crippen LogP contribution in [0.4, 0.5) is 0 Å². The second-order valence-electron chi connectivity index (χ2n) is 5.63. The number of rotatable bonds is 1. The van der Waals surface area contributed by atoms with Crippen LogP contribution < -0.4 is 4.74 Å². The van der Waals surface area contributed by atoms with Crippen molar-refractivity contribution < 1.29 is 19.7 Å². The summed E-state index contributed by atoms with van der Waals surface area (Å²) in [5.41, 5.74) is 2.59. The van der Waals surface area contributed by atoms with Crippen LogP contribution in [0, 0.1) is 6.92 Å². The Bertz CT molecular complexity index is 1050. The molecule has 0 aliphatic carbocycles. The molecule has 0 saturated heterocycles. The molecule has 1 aromatic heterocycles. The van der Waals surface area contributed by atoms with Gasteiger partial charge in [0.2, 0.25) is 5.78 Å². The number of hydrogen-bond acceptors (Lipinski definition) is 4. The summed E-state index contributed by atoms with van der Waals surface area (Å²) >= 11 is 6.06. The first kappa shape index (κ1) is 14.7. The number of Topliss-reactive ketones (excluding diaryl/α,β-unsaturated/α-hetero) is 1. The summed E-state index contributed by atoms with van der Waals surface area (Å²) in [6.07, 6.45) is 1.61. The number of hydrogen-bond donors (Lipinski definition) is 3. The first-order chi connectivity index (χ1) is 11.4. The van der Waals surface area contributed by atoms with E-state index in [-0.39, 0.29) is 28.6 Å². The van der Waals surface area contributed by atoms with Crippen LogP contribution in [0.1, 0.15) is 21.6 Å². The molecule has 4 rings (SSSR count). The number of fused-ring (bicyclic) bond motifs is 2. The normalized spacial score (nSPS) is 15.1. The highest BCUT2D eigenvalue weighted by Crippen LogP contribution is 2.41. The number of ketones is 1. The van der Waals surface area contributed by atoms with Gasteiger partial charge in [-0.15, -0.1) is 0 Å². The second kappa shape index (κ2) is 5.04. The fraction of sp³-hybridized carbons (Fsp3) is 0.0556. The number of phenols is 2. The monoisotopic (exact) mass is 341 g/mol. The van der Waals surface area contributed by atoms with Crippen molar-refractivity contribution in [2.45, 2.75) is 6.92 Å². The van der Waals surface area contributed by atoms with Gasteiger partial charge in [-0.2, -0.15) is 0 Å². The largest absolute Gasteiger partial charge is 0.508 e. The molecule has 24 heavy (non-hydrogen) atoms. The predicted octanol–water partition coefficient (Wildman–Crippen LogP) is 4.16. The highest BCUT2D eigenvalue weighted by atomic mass is 35.5. The number of allylic oxidation sites excluding steroid dienone is 1. The lowest BCUT2D eigenvalue weighted by Gasteiger charge is -2.00. The lowest BCUT2D eigenvalue weighted by Crippen LogP contribution is -1.98. The molecular formula is C18H12ClNO4. The third-order valence-corrected chi connectivity index (χ3v) is 4.25. The number of benzene rings is 2. The zero-order valence-corrected chi connectivity index (χ0v) is 13.3. The summed E-state index contributed by atoms with van der Waals surface area (Å²) in [7, 11) is 0. The summed E-state index contributed by atoms with van der Waals surface area (Å²) in [5, 5.41) is 20.9. The Kier molecular flexibility index (Phi) is 3.08. The Labute approximate surface area is 141 Å². The predicted molar refractivity (Wildman–Crippen MR) is 90.8 cm³/mol. The molecule has 0 unspecified atom stereocenters. The molecule has 5 nitrogen and oxygen atoms in total. The van der Waals surface area contributed by atoms with Crippen LogP contribution in [0.15, 0.2) is 36.1 Å². The van der Waals surface area contributed by atoms with Crippen LogP contribution in [0.5, 0.6) is 17.2 Å². The fourth-order valence-electron chi connectivity index (χ4n) is 2.92. The van der Waals surface area contributed by atoms with Crippen molar-refractivity contribution in [1.82, 2.24) is 4.98 Å². The van der Waals surface area contributed by atoms with Gasteiger partial charge in [0, 0.05) is 39.3 Å². The Morgan fingerprint density at radius 1 is 1.21 bits per heavy atom. The molecule has 2 aromatic carbocycles. The van der Waals surface area contributed by atoms with Gasteiger partial charge in [0.05, 0.1) is 0 Å². The van der Waals surface area contributed by atoms with Crippen LogP contribution in [-0.2, 0) is 0 Å². The van der Waals surface area contributed by atoms with Gasteiger partial charge in [-0.1, -0.05) is 11.6 Å². The number of carbonyl (C=O) groups is 1. The molecule has 120 valence electrons. The van der Waals surface area contributed by atoms with Crippen molar-refractivity contribution in [3.8, 4) is 17.2 Å². The van der Waals surface area contributed by atoms with Crippen LogP contribution in [0.3, 0.4) is 0 Å². The van der Waals surface area contributed by atoms with Gasteiger partial charge < -0.3 is 19.9 Å².